The summed E-state index contributed by atoms with van der Waals surface area (Å²) in [5.41, 5.74) is 1.84. The van der Waals surface area contributed by atoms with Crippen molar-refractivity contribution in [3.63, 3.8) is 0 Å². The molecule has 0 fully saturated rings. The van der Waals surface area contributed by atoms with Gasteiger partial charge in [0.15, 0.2) is 0 Å². The molecule has 0 radical (unpaired) electrons. The van der Waals surface area contributed by atoms with Crippen LogP contribution in [0.2, 0.25) is 15.1 Å². The van der Waals surface area contributed by atoms with Gasteiger partial charge in [0, 0.05) is 11.8 Å². The third-order valence-corrected chi connectivity index (χ3v) is 4.13. The molecule has 0 aromatic heterocycles. The second kappa shape index (κ2) is 6.57. The molecule has 2 aromatic carbocycles. The summed E-state index contributed by atoms with van der Waals surface area (Å²) in [4.78, 5) is 0. The van der Waals surface area contributed by atoms with Crippen molar-refractivity contribution in [3.05, 3.63) is 57.0 Å². The zero-order valence-electron chi connectivity index (χ0n) is 11.1. The first-order valence-electron chi connectivity index (χ1n) is 6.07. The Bertz CT molecular complexity index is 616. The minimum atomic E-state index is 0.00656. The summed E-state index contributed by atoms with van der Waals surface area (Å²) in [6.07, 6.45) is 0. The SMILES string of the molecule is COc1cc(NC(C)c2cccc(Cl)c2Cl)ccc1Cl. The van der Waals surface area contributed by atoms with E-state index in [1.807, 2.05) is 31.2 Å². The first-order valence-corrected chi connectivity index (χ1v) is 7.20. The monoisotopic (exact) mass is 329 g/mol. The van der Waals surface area contributed by atoms with E-state index < -0.39 is 0 Å². The summed E-state index contributed by atoms with van der Waals surface area (Å²) in [5.74, 6) is 0.626. The maximum atomic E-state index is 6.22. The number of anilines is 1. The van der Waals surface area contributed by atoms with Crippen LogP contribution in [0.15, 0.2) is 36.4 Å². The molecular formula is C15H14Cl3NO. The summed E-state index contributed by atoms with van der Waals surface area (Å²) in [7, 11) is 1.59. The Morgan fingerprint density at radius 3 is 2.50 bits per heavy atom. The number of rotatable bonds is 4. The van der Waals surface area contributed by atoms with Crippen molar-refractivity contribution < 1.29 is 4.74 Å². The Labute approximate surface area is 133 Å². The first kappa shape index (κ1) is 15.3. The molecule has 2 rings (SSSR count). The first-order chi connectivity index (χ1) is 9.52. The minimum absolute atomic E-state index is 0.00656. The molecule has 5 heteroatoms. The molecule has 0 aliphatic carbocycles. The molecule has 2 aromatic rings. The van der Waals surface area contributed by atoms with Gasteiger partial charge in [-0.3, -0.25) is 0 Å². The molecule has 0 bridgehead atoms. The zero-order chi connectivity index (χ0) is 14.7. The molecule has 20 heavy (non-hydrogen) atoms. The van der Waals surface area contributed by atoms with Crippen LogP contribution in [0.5, 0.6) is 5.75 Å². The van der Waals surface area contributed by atoms with Gasteiger partial charge >= 0.3 is 0 Å². The van der Waals surface area contributed by atoms with E-state index in [1.165, 1.54) is 0 Å². The number of methoxy groups -OCH3 is 1. The van der Waals surface area contributed by atoms with Gasteiger partial charge in [0.05, 0.1) is 28.2 Å². The van der Waals surface area contributed by atoms with Gasteiger partial charge < -0.3 is 10.1 Å². The maximum Gasteiger partial charge on any atom is 0.139 e. The molecule has 0 aliphatic heterocycles. The highest BCUT2D eigenvalue weighted by molar-refractivity contribution is 6.42. The van der Waals surface area contributed by atoms with E-state index in [9.17, 15) is 0 Å². The van der Waals surface area contributed by atoms with Crippen molar-refractivity contribution in [2.45, 2.75) is 13.0 Å². The van der Waals surface area contributed by atoms with Gasteiger partial charge in [-0.1, -0.05) is 46.9 Å². The average molecular weight is 331 g/mol. The van der Waals surface area contributed by atoms with Gasteiger partial charge in [0.2, 0.25) is 0 Å². The predicted octanol–water partition coefficient (Wildman–Crippen LogP) is 5.83. The lowest BCUT2D eigenvalue weighted by Crippen LogP contribution is -2.07. The molecule has 0 saturated heterocycles. The van der Waals surface area contributed by atoms with Crippen LogP contribution in [0.25, 0.3) is 0 Å². The normalized spacial score (nSPS) is 12.1. The smallest absolute Gasteiger partial charge is 0.139 e. The molecule has 0 aliphatic rings. The van der Waals surface area contributed by atoms with Crippen molar-refractivity contribution in [2.24, 2.45) is 0 Å². The van der Waals surface area contributed by atoms with Crippen LogP contribution in [-0.2, 0) is 0 Å². The fraction of sp³-hybridized carbons (Fsp3) is 0.200. The van der Waals surface area contributed by atoms with E-state index in [0.29, 0.717) is 20.8 Å². The van der Waals surface area contributed by atoms with Crippen molar-refractivity contribution in [3.8, 4) is 5.75 Å². The third-order valence-electron chi connectivity index (χ3n) is 2.98. The van der Waals surface area contributed by atoms with E-state index >= 15 is 0 Å². The molecule has 106 valence electrons. The van der Waals surface area contributed by atoms with Crippen LogP contribution >= 0.6 is 34.8 Å². The van der Waals surface area contributed by atoms with Crippen LogP contribution in [0.1, 0.15) is 18.5 Å². The van der Waals surface area contributed by atoms with E-state index in [-0.39, 0.29) is 6.04 Å². The highest BCUT2D eigenvalue weighted by Gasteiger charge is 2.12. The van der Waals surface area contributed by atoms with Crippen LogP contribution in [0, 0.1) is 0 Å². The summed E-state index contributed by atoms with van der Waals surface area (Å²) in [5, 5.41) is 5.03. The largest absolute Gasteiger partial charge is 0.495 e. The molecule has 0 saturated carbocycles. The van der Waals surface area contributed by atoms with Gasteiger partial charge in [-0.25, -0.2) is 0 Å². The number of ether oxygens (including phenoxy) is 1. The van der Waals surface area contributed by atoms with Crippen LogP contribution in [0.4, 0.5) is 5.69 Å². The molecule has 2 nitrogen and oxygen atoms in total. The van der Waals surface area contributed by atoms with E-state index in [4.69, 9.17) is 39.5 Å². The Balaban J connectivity index is 2.23. The van der Waals surface area contributed by atoms with E-state index in [1.54, 1.807) is 19.2 Å². The number of nitrogens with one attached hydrogen (secondary N) is 1. The highest BCUT2D eigenvalue weighted by atomic mass is 35.5. The summed E-state index contributed by atoms with van der Waals surface area (Å²) < 4.78 is 5.20. The van der Waals surface area contributed by atoms with Crippen LogP contribution in [0.3, 0.4) is 0 Å². The Morgan fingerprint density at radius 2 is 1.80 bits per heavy atom. The van der Waals surface area contributed by atoms with Gasteiger partial charge in [-0.2, -0.15) is 0 Å². The topological polar surface area (TPSA) is 21.3 Å². The van der Waals surface area contributed by atoms with Gasteiger partial charge in [-0.15, -0.1) is 0 Å². The van der Waals surface area contributed by atoms with E-state index in [0.717, 1.165) is 11.3 Å². The zero-order valence-corrected chi connectivity index (χ0v) is 13.4. The number of hydrogen-bond acceptors (Lipinski definition) is 2. The van der Waals surface area contributed by atoms with Gasteiger partial charge in [0.25, 0.3) is 0 Å². The predicted molar refractivity (Wildman–Crippen MR) is 86.5 cm³/mol. The van der Waals surface area contributed by atoms with E-state index in [2.05, 4.69) is 5.32 Å². The summed E-state index contributed by atoms with van der Waals surface area (Å²) in [6.45, 7) is 2.01. The Hall–Kier alpha value is -1.09. The lowest BCUT2D eigenvalue weighted by molar-refractivity contribution is 0.415. The second-order valence-corrected chi connectivity index (χ2v) is 5.55. The Kier molecular flexibility index (Phi) is 5.03. The summed E-state index contributed by atoms with van der Waals surface area (Å²) in [6, 6.07) is 11.1. The van der Waals surface area contributed by atoms with Crippen molar-refractivity contribution in [1.29, 1.82) is 0 Å². The lowest BCUT2D eigenvalue weighted by Gasteiger charge is -2.18. The van der Waals surface area contributed by atoms with Gasteiger partial charge in [0.1, 0.15) is 5.75 Å². The second-order valence-electron chi connectivity index (χ2n) is 4.36. The Morgan fingerprint density at radius 1 is 1.05 bits per heavy atom. The molecule has 1 atom stereocenters. The van der Waals surface area contributed by atoms with Crippen LogP contribution < -0.4 is 10.1 Å². The van der Waals surface area contributed by atoms with Gasteiger partial charge in [-0.05, 0) is 30.7 Å². The molecule has 1 N–H and O–H groups in total. The molecule has 1 unspecified atom stereocenters. The highest BCUT2D eigenvalue weighted by Crippen LogP contribution is 2.33. The molecule has 0 amide bonds. The number of hydrogen-bond donors (Lipinski definition) is 1. The van der Waals surface area contributed by atoms with Crippen molar-refractivity contribution >= 4 is 40.5 Å². The fourth-order valence-corrected chi connectivity index (χ4v) is 2.60. The molecular weight excluding hydrogens is 317 g/mol. The summed E-state index contributed by atoms with van der Waals surface area (Å²) >= 11 is 18.3. The standard InChI is InChI=1S/C15H14Cl3NO/c1-9(11-4-3-5-13(17)15(11)18)19-10-6-7-12(16)14(8-10)20-2/h3-9,19H,1-2H3. The number of benzene rings is 2. The maximum absolute atomic E-state index is 6.22. The number of halogens is 3. The van der Waals surface area contributed by atoms with Crippen molar-refractivity contribution in [1.82, 2.24) is 0 Å². The van der Waals surface area contributed by atoms with Crippen LogP contribution in [-0.4, -0.2) is 7.11 Å². The minimum Gasteiger partial charge on any atom is -0.495 e. The van der Waals surface area contributed by atoms with Crippen molar-refractivity contribution in [2.75, 3.05) is 12.4 Å². The molecule has 0 heterocycles. The lowest BCUT2D eigenvalue weighted by atomic mass is 10.1. The quantitative estimate of drug-likeness (QED) is 0.761. The molecule has 0 spiro atoms. The average Bonchev–Trinajstić information content (AvgIpc) is 2.43. The fourth-order valence-electron chi connectivity index (χ4n) is 1.93. The third kappa shape index (κ3) is 3.32.